The zero-order valence-electron chi connectivity index (χ0n) is 18.4. The highest BCUT2D eigenvalue weighted by Crippen LogP contribution is 2.47. The smallest absolute Gasteiger partial charge is 0.235 e. The molecule has 0 bridgehead atoms. The maximum absolute atomic E-state index is 13.5. The normalized spacial score (nSPS) is 29.2. The average Bonchev–Trinajstić information content (AvgIpc) is 3.35. The summed E-state index contributed by atoms with van der Waals surface area (Å²) in [4.78, 5) is 30.3. The summed E-state index contributed by atoms with van der Waals surface area (Å²) in [5.74, 6) is 0.115. The van der Waals surface area contributed by atoms with Crippen LogP contribution in [0.5, 0.6) is 5.75 Å². The Morgan fingerprint density at radius 3 is 2.75 bits per heavy atom. The lowest BCUT2D eigenvalue weighted by molar-refractivity contribution is -0.140. The van der Waals surface area contributed by atoms with Crippen LogP contribution in [0, 0.1) is 11.8 Å². The number of halogens is 1. The highest BCUT2D eigenvalue weighted by atomic mass is 79.9. The molecular weight excluding hydrogens is 468 g/mol. The van der Waals surface area contributed by atoms with Crippen LogP contribution in [0.25, 0.3) is 0 Å². The van der Waals surface area contributed by atoms with Gasteiger partial charge in [0.1, 0.15) is 5.75 Å². The predicted octanol–water partition coefficient (Wildman–Crippen LogP) is 4.33. The van der Waals surface area contributed by atoms with Crippen molar-refractivity contribution in [1.82, 2.24) is 9.80 Å². The molecular formula is C26H27BrN2O3. The Bertz CT molecular complexity index is 1120. The van der Waals surface area contributed by atoms with E-state index in [1.54, 1.807) is 0 Å². The summed E-state index contributed by atoms with van der Waals surface area (Å²) in [6, 6.07) is 16.0. The number of hydrogen-bond donors (Lipinski definition) is 0. The first-order valence-electron chi connectivity index (χ1n) is 11.0. The van der Waals surface area contributed by atoms with Gasteiger partial charge in [-0.15, -0.1) is 0 Å². The van der Waals surface area contributed by atoms with Crippen LogP contribution in [0.1, 0.15) is 30.5 Å². The third kappa shape index (κ3) is 3.41. The molecule has 3 aliphatic rings. The lowest BCUT2D eigenvalue weighted by Gasteiger charge is -2.28. The number of hydrogen-bond acceptors (Lipinski definition) is 4. The number of ether oxygens (including phenoxy) is 1. The van der Waals surface area contributed by atoms with E-state index in [4.69, 9.17) is 4.74 Å². The van der Waals surface area contributed by atoms with Gasteiger partial charge in [0.15, 0.2) is 0 Å². The third-order valence-electron chi connectivity index (χ3n) is 7.16. The van der Waals surface area contributed by atoms with E-state index >= 15 is 0 Å². The molecule has 2 fully saturated rings. The minimum atomic E-state index is -0.347. The molecule has 3 aliphatic heterocycles. The van der Waals surface area contributed by atoms with Gasteiger partial charge >= 0.3 is 0 Å². The molecule has 0 aliphatic carbocycles. The van der Waals surface area contributed by atoms with Crippen molar-refractivity contribution in [3.8, 4) is 5.75 Å². The lowest BCUT2D eigenvalue weighted by Crippen LogP contribution is -2.38. The maximum atomic E-state index is 13.5. The Morgan fingerprint density at radius 2 is 1.97 bits per heavy atom. The van der Waals surface area contributed by atoms with Gasteiger partial charge in [-0.1, -0.05) is 65.3 Å². The molecule has 3 heterocycles. The van der Waals surface area contributed by atoms with E-state index in [9.17, 15) is 9.59 Å². The van der Waals surface area contributed by atoms with E-state index < -0.39 is 0 Å². The number of benzene rings is 2. The number of carbonyl (C=O) groups is 2. The monoisotopic (exact) mass is 494 g/mol. The van der Waals surface area contributed by atoms with Crippen LogP contribution < -0.4 is 4.74 Å². The SMILES string of the molecule is C=C(CN1C(=O)[C@H]2[C@H](CN(C)[C@@H]2c2cccc(Br)c2)C1=O)C[C@]1(C)COc2ccccc21. The summed E-state index contributed by atoms with van der Waals surface area (Å²) >= 11 is 3.53. The molecule has 0 unspecified atom stereocenters. The minimum Gasteiger partial charge on any atom is -0.492 e. The summed E-state index contributed by atoms with van der Waals surface area (Å²) in [5, 5.41) is 0. The van der Waals surface area contributed by atoms with Gasteiger partial charge in [0.25, 0.3) is 0 Å². The Balaban J connectivity index is 1.33. The van der Waals surface area contributed by atoms with Crippen LogP contribution in [-0.2, 0) is 15.0 Å². The second kappa shape index (κ2) is 7.85. The van der Waals surface area contributed by atoms with E-state index in [0.29, 0.717) is 19.6 Å². The van der Waals surface area contributed by atoms with Gasteiger partial charge in [-0.3, -0.25) is 19.4 Å². The molecule has 0 radical (unpaired) electrons. The van der Waals surface area contributed by atoms with Gasteiger partial charge in [-0.05, 0) is 37.2 Å². The molecule has 2 aromatic carbocycles. The first-order chi connectivity index (χ1) is 15.3. The van der Waals surface area contributed by atoms with E-state index in [2.05, 4.69) is 40.4 Å². The Hall–Kier alpha value is -2.44. The van der Waals surface area contributed by atoms with Crippen molar-refractivity contribution in [1.29, 1.82) is 0 Å². The Kier molecular flexibility index (Phi) is 5.25. The van der Waals surface area contributed by atoms with Crippen LogP contribution in [0.15, 0.2) is 65.2 Å². The molecule has 0 saturated carbocycles. The lowest BCUT2D eigenvalue weighted by atomic mass is 9.79. The van der Waals surface area contributed by atoms with Crippen LogP contribution in [0.3, 0.4) is 0 Å². The van der Waals surface area contributed by atoms with E-state index in [-0.39, 0.29) is 41.7 Å². The summed E-state index contributed by atoms with van der Waals surface area (Å²) in [6.45, 7) is 7.85. The van der Waals surface area contributed by atoms with Gasteiger partial charge in [0, 0.05) is 34.6 Å². The van der Waals surface area contributed by atoms with Gasteiger partial charge in [-0.25, -0.2) is 0 Å². The molecule has 4 atom stereocenters. The largest absolute Gasteiger partial charge is 0.492 e. The van der Waals surface area contributed by atoms with Gasteiger partial charge in [0.2, 0.25) is 11.8 Å². The van der Waals surface area contributed by atoms with Gasteiger partial charge in [-0.2, -0.15) is 0 Å². The fraction of sp³-hybridized carbons (Fsp3) is 0.385. The van der Waals surface area contributed by atoms with E-state index in [0.717, 1.165) is 26.9 Å². The molecule has 2 aromatic rings. The first-order valence-corrected chi connectivity index (χ1v) is 11.8. The number of imide groups is 1. The van der Waals surface area contributed by atoms with Crippen molar-refractivity contribution in [2.75, 3.05) is 26.7 Å². The topological polar surface area (TPSA) is 49.9 Å². The number of carbonyl (C=O) groups excluding carboxylic acids is 2. The molecule has 5 rings (SSSR count). The zero-order valence-corrected chi connectivity index (χ0v) is 20.0. The van der Waals surface area contributed by atoms with Crippen LogP contribution in [-0.4, -0.2) is 48.4 Å². The number of fused-ring (bicyclic) bond motifs is 2. The highest BCUT2D eigenvalue weighted by Gasteiger charge is 2.56. The van der Waals surface area contributed by atoms with Crippen LogP contribution in [0.2, 0.25) is 0 Å². The first kappa shape index (κ1) is 21.4. The van der Waals surface area contributed by atoms with Crippen molar-refractivity contribution in [2.45, 2.75) is 24.8 Å². The maximum Gasteiger partial charge on any atom is 0.235 e. The van der Waals surface area contributed by atoms with Crippen molar-refractivity contribution < 1.29 is 14.3 Å². The highest BCUT2D eigenvalue weighted by molar-refractivity contribution is 9.10. The quantitative estimate of drug-likeness (QED) is 0.458. The molecule has 5 nitrogen and oxygen atoms in total. The standard InChI is InChI=1S/C26H27BrN2O3/c1-16(12-26(2)15-32-21-10-5-4-9-20(21)26)13-29-24(30)19-14-28(3)23(22(19)25(29)31)17-7-6-8-18(27)11-17/h4-11,19,22-23H,1,12-15H2,2-3H3/t19-,22-,23+,26+/m0/s1. The summed E-state index contributed by atoms with van der Waals surface area (Å²) in [5.41, 5.74) is 2.90. The van der Waals surface area contributed by atoms with E-state index in [1.165, 1.54) is 4.90 Å². The van der Waals surface area contributed by atoms with Crippen molar-refractivity contribution >= 4 is 27.7 Å². The molecule has 2 saturated heterocycles. The van der Waals surface area contributed by atoms with Gasteiger partial charge in [0.05, 0.1) is 18.4 Å². The van der Waals surface area contributed by atoms with Crippen molar-refractivity contribution in [2.24, 2.45) is 11.8 Å². The van der Waals surface area contributed by atoms with Crippen LogP contribution in [0.4, 0.5) is 0 Å². The molecule has 0 spiro atoms. The molecule has 0 aromatic heterocycles. The summed E-state index contributed by atoms with van der Waals surface area (Å²) in [7, 11) is 1.99. The number of amides is 2. The van der Waals surface area contributed by atoms with E-state index in [1.807, 2.05) is 49.5 Å². The number of likely N-dealkylation sites (tertiary alicyclic amines) is 2. The summed E-state index contributed by atoms with van der Waals surface area (Å²) < 4.78 is 6.85. The van der Waals surface area contributed by atoms with Gasteiger partial charge < -0.3 is 4.74 Å². The molecule has 0 N–H and O–H groups in total. The predicted molar refractivity (Wildman–Crippen MR) is 126 cm³/mol. The Labute approximate surface area is 197 Å². The second-order valence-corrected chi connectivity index (χ2v) is 10.5. The molecule has 32 heavy (non-hydrogen) atoms. The van der Waals surface area contributed by atoms with Crippen molar-refractivity contribution in [3.05, 3.63) is 76.3 Å². The minimum absolute atomic E-state index is 0.0706. The number of para-hydroxylation sites is 1. The fourth-order valence-corrected chi connectivity index (χ4v) is 6.17. The van der Waals surface area contributed by atoms with Crippen molar-refractivity contribution in [3.63, 3.8) is 0 Å². The molecule has 6 heteroatoms. The number of rotatable bonds is 5. The molecule has 166 valence electrons. The van der Waals surface area contributed by atoms with Crippen LogP contribution >= 0.6 is 15.9 Å². The number of nitrogens with zero attached hydrogens (tertiary/aromatic N) is 2. The molecule has 2 amide bonds. The fourth-order valence-electron chi connectivity index (χ4n) is 5.75. The average molecular weight is 495 g/mol. The second-order valence-electron chi connectivity index (χ2n) is 9.61. The zero-order chi connectivity index (χ0) is 22.6. The third-order valence-corrected chi connectivity index (χ3v) is 7.66. The summed E-state index contributed by atoms with van der Waals surface area (Å²) in [6.07, 6.45) is 0.672. The Morgan fingerprint density at radius 1 is 1.19 bits per heavy atom.